The van der Waals surface area contributed by atoms with Gasteiger partial charge in [-0.2, -0.15) is 0 Å². The van der Waals surface area contributed by atoms with E-state index in [0.29, 0.717) is 0 Å². The van der Waals surface area contributed by atoms with Crippen molar-refractivity contribution in [1.82, 2.24) is 18.6 Å². The van der Waals surface area contributed by atoms with Crippen LogP contribution < -0.4 is 0 Å². The highest BCUT2D eigenvalue weighted by atomic mass is 28.4. The van der Waals surface area contributed by atoms with Crippen LogP contribution in [0.1, 0.15) is 80.1 Å². The summed E-state index contributed by atoms with van der Waals surface area (Å²) >= 11 is 0. The van der Waals surface area contributed by atoms with Gasteiger partial charge in [0.15, 0.2) is 0 Å². The lowest BCUT2D eigenvalue weighted by atomic mass is 10.3. The summed E-state index contributed by atoms with van der Waals surface area (Å²) in [5.74, 6) is 0. The van der Waals surface area contributed by atoms with Crippen LogP contribution in [-0.2, 0) is 26.6 Å². The molecular formula is C30H66N4O6Si3. The van der Waals surface area contributed by atoms with Crippen molar-refractivity contribution in [1.29, 1.82) is 0 Å². The molecule has 13 heteroatoms. The van der Waals surface area contributed by atoms with Crippen LogP contribution in [0, 0.1) is 0 Å². The maximum Gasteiger partial charge on any atom is 0.427 e. The van der Waals surface area contributed by atoms with Crippen LogP contribution in [0.15, 0.2) is 0 Å². The first-order valence-corrected chi connectivity index (χ1v) is 23.7. The van der Waals surface area contributed by atoms with Crippen LogP contribution in [0.5, 0.6) is 0 Å². The first kappa shape index (κ1) is 37.7. The molecule has 0 spiro atoms. The van der Waals surface area contributed by atoms with E-state index in [0.717, 1.165) is 136 Å². The minimum Gasteiger partial charge on any atom is -0.383 e. The average molecular weight is 663 g/mol. The molecule has 0 unspecified atom stereocenters. The molecule has 0 bridgehead atoms. The summed E-state index contributed by atoms with van der Waals surface area (Å²) in [5, 5.41) is 0. The second-order valence-electron chi connectivity index (χ2n) is 11.9. The van der Waals surface area contributed by atoms with Crippen LogP contribution in [0.4, 0.5) is 0 Å². The van der Waals surface area contributed by atoms with Gasteiger partial charge in [-0.15, -0.1) is 0 Å². The van der Waals surface area contributed by atoms with Gasteiger partial charge >= 0.3 is 26.2 Å². The molecule has 3 rings (SSSR count). The monoisotopic (exact) mass is 662 g/mol. The van der Waals surface area contributed by atoms with E-state index in [1.54, 1.807) is 0 Å². The maximum absolute atomic E-state index is 6.34. The van der Waals surface area contributed by atoms with Gasteiger partial charge in [0, 0.05) is 57.8 Å². The van der Waals surface area contributed by atoms with Crippen molar-refractivity contribution in [2.45, 2.75) is 98.2 Å². The Morgan fingerprint density at radius 2 is 0.698 bits per heavy atom. The maximum atomic E-state index is 6.34. The van der Waals surface area contributed by atoms with Crippen LogP contribution >= 0.6 is 0 Å². The molecule has 43 heavy (non-hydrogen) atoms. The molecule has 0 amide bonds. The molecule has 10 nitrogen and oxygen atoms in total. The molecule has 0 atom stereocenters. The van der Waals surface area contributed by atoms with Gasteiger partial charge in [-0.3, -0.25) is 13.7 Å². The highest BCUT2D eigenvalue weighted by molar-refractivity contribution is 6.66. The Labute approximate surface area is 267 Å². The van der Waals surface area contributed by atoms with Crippen LogP contribution in [0.3, 0.4) is 0 Å². The Kier molecular flexibility index (Phi) is 17.4. The number of nitrogens with zero attached hydrogens (tertiary/aromatic N) is 4. The highest BCUT2D eigenvalue weighted by Gasteiger charge is 2.50. The number of rotatable bonds is 24. The van der Waals surface area contributed by atoms with Gasteiger partial charge in [-0.1, -0.05) is 0 Å². The van der Waals surface area contributed by atoms with Gasteiger partial charge < -0.3 is 31.5 Å². The zero-order valence-corrected chi connectivity index (χ0v) is 31.7. The second kappa shape index (κ2) is 19.8. The average Bonchev–Trinajstić information content (AvgIpc) is 3.68. The Morgan fingerprint density at radius 1 is 0.442 bits per heavy atom. The minimum absolute atomic E-state index is 0.741. The van der Waals surface area contributed by atoms with Gasteiger partial charge in [-0.05, 0) is 139 Å². The van der Waals surface area contributed by atoms with Gasteiger partial charge in [0.05, 0.1) is 0 Å². The first-order chi connectivity index (χ1) is 21.0. The first-order valence-electron chi connectivity index (χ1n) is 17.8. The normalized spacial score (nSPS) is 22.4. The van der Waals surface area contributed by atoms with Gasteiger partial charge in [-0.25, -0.2) is 0 Å². The van der Waals surface area contributed by atoms with E-state index in [1.807, 2.05) is 0 Å². The molecule has 0 aromatic heterocycles. The lowest BCUT2D eigenvalue weighted by molar-refractivity contribution is 0.128. The lowest BCUT2D eigenvalue weighted by Gasteiger charge is -2.36. The largest absolute Gasteiger partial charge is 0.427 e. The highest BCUT2D eigenvalue weighted by Crippen LogP contribution is 2.31. The number of hydrogen-bond acceptors (Lipinski definition) is 10. The number of hydrogen-bond donors (Lipinski definition) is 0. The van der Waals surface area contributed by atoms with E-state index in [1.165, 1.54) is 19.3 Å². The fourth-order valence-corrected chi connectivity index (χ4v) is 18.2. The summed E-state index contributed by atoms with van der Waals surface area (Å²) in [7, 11) is -6.69. The Morgan fingerprint density at radius 3 is 0.930 bits per heavy atom. The molecule has 3 heterocycles. The molecule has 3 aliphatic rings. The third-order valence-electron chi connectivity index (χ3n) is 9.13. The quantitative estimate of drug-likeness (QED) is 0.137. The van der Waals surface area contributed by atoms with E-state index in [-0.39, 0.29) is 0 Å². The zero-order valence-electron chi connectivity index (χ0n) is 28.7. The van der Waals surface area contributed by atoms with Crippen molar-refractivity contribution in [2.75, 3.05) is 98.5 Å². The molecular weight excluding hydrogens is 597 g/mol. The summed E-state index contributed by atoms with van der Waals surface area (Å²) in [6, 6.07) is 3.29. The standard InChI is InChI=1S/C30H66N4O6Si3/c1-7-35-41(36-8-2)28-16-25-32(41)22-13-19-31(20-14-23-33-26-17-29-42(33,37-9-3)38-10-4)21-15-24-34-27-18-30-43(34,39-11-5)40-12-6/h7-30H2,1-6H3. The van der Waals surface area contributed by atoms with Crippen LogP contribution in [-0.4, -0.2) is 143 Å². The molecule has 0 aromatic carbocycles. The second-order valence-corrected chi connectivity index (χ2v) is 21.3. The Hall–Kier alpha value is 0.251. The SMILES string of the molecule is CCO[Si]1(OCC)CCCN1CCCN(CCCN1CCC[Si]1(OCC)OCC)CCCN1CCC[Si]1(OCC)OCC. The smallest absolute Gasteiger partial charge is 0.383 e. The molecule has 0 N–H and O–H groups in total. The van der Waals surface area contributed by atoms with E-state index in [9.17, 15) is 0 Å². The molecule has 0 aliphatic carbocycles. The van der Waals surface area contributed by atoms with Crippen molar-refractivity contribution in [3.05, 3.63) is 0 Å². The topological polar surface area (TPSA) is 68.3 Å². The summed E-state index contributed by atoms with van der Waals surface area (Å²) < 4.78 is 45.8. The zero-order chi connectivity index (χ0) is 31.0. The van der Waals surface area contributed by atoms with Gasteiger partial charge in [0.25, 0.3) is 0 Å². The molecule has 3 aliphatic heterocycles. The third-order valence-corrected chi connectivity index (χ3v) is 20.8. The Balaban J connectivity index is 1.58. The predicted octanol–water partition coefficient (Wildman–Crippen LogP) is 4.61. The summed E-state index contributed by atoms with van der Waals surface area (Å²) in [5.41, 5.74) is 0. The van der Waals surface area contributed by atoms with E-state index in [2.05, 4.69) is 60.1 Å². The fraction of sp³-hybridized carbons (Fsp3) is 1.00. The molecule has 0 radical (unpaired) electrons. The van der Waals surface area contributed by atoms with Crippen molar-refractivity contribution in [3.8, 4) is 0 Å². The van der Waals surface area contributed by atoms with Crippen LogP contribution in [0.2, 0.25) is 18.1 Å². The molecule has 0 aromatic rings. The minimum atomic E-state index is -2.23. The van der Waals surface area contributed by atoms with E-state index < -0.39 is 26.2 Å². The fourth-order valence-electron chi connectivity index (χ4n) is 7.56. The van der Waals surface area contributed by atoms with Crippen molar-refractivity contribution >= 4 is 26.2 Å². The van der Waals surface area contributed by atoms with E-state index in [4.69, 9.17) is 26.6 Å². The lowest BCUT2D eigenvalue weighted by Crippen LogP contribution is -2.55. The Bertz CT molecular complexity index is 648. The van der Waals surface area contributed by atoms with Crippen molar-refractivity contribution < 1.29 is 26.6 Å². The molecule has 3 fully saturated rings. The molecule has 254 valence electrons. The summed E-state index contributed by atoms with van der Waals surface area (Å²) in [4.78, 5) is 2.71. The van der Waals surface area contributed by atoms with E-state index >= 15 is 0 Å². The third kappa shape index (κ3) is 10.4. The van der Waals surface area contributed by atoms with Crippen molar-refractivity contribution in [2.24, 2.45) is 0 Å². The molecule has 0 saturated carbocycles. The van der Waals surface area contributed by atoms with Crippen LogP contribution in [0.25, 0.3) is 0 Å². The summed E-state index contributed by atoms with van der Waals surface area (Å²) in [6.45, 7) is 26.9. The van der Waals surface area contributed by atoms with Gasteiger partial charge in [0.2, 0.25) is 0 Å². The predicted molar refractivity (Wildman–Crippen MR) is 180 cm³/mol. The summed E-state index contributed by atoms with van der Waals surface area (Å²) in [6.07, 6.45) is 7.02. The van der Waals surface area contributed by atoms with Gasteiger partial charge in [0.1, 0.15) is 0 Å². The van der Waals surface area contributed by atoms with Crippen molar-refractivity contribution in [3.63, 3.8) is 0 Å². The molecule has 3 saturated heterocycles.